The van der Waals surface area contributed by atoms with Gasteiger partial charge in [-0.1, -0.05) is 13.8 Å². The third kappa shape index (κ3) is 2.10. The lowest BCUT2D eigenvalue weighted by atomic mass is 9.43. The lowest BCUT2D eigenvalue weighted by Crippen LogP contribution is -2.64. The third-order valence-corrected chi connectivity index (χ3v) is 9.97. The summed E-state index contributed by atoms with van der Waals surface area (Å²) in [4.78, 5) is 0. The quantitative estimate of drug-likeness (QED) is 0.695. The zero-order chi connectivity index (χ0) is 19.1. The summed E-state index contributed by atoms with van der Waals surface area (Å²) in [5, 5.41) is 34.0. The molecule has 27 heavy (non-hydrogen) atoms. The smallest absolute Gasteiger partial charge is 0.101 e. The van der Waals surface area contributed by atoms with Crippen LogP contribution in [0, 0.1) is 28.6 Å². The van der Waals surface area contributed by atoms with Crippen LogP contribution >= 0.6 is 0 Å². The summed E-state index contributed by atoms with van der Waals surface area (Å²) in [6.07, 6.45) is 11.3. The molecule has 150 valence electrons. The molecule has 5 rings (SSSR count). The van der Waals surface area contributed by atoms with Gasteiger partial charge in [-0.05, 0) is 87.0 Å². The van der Waals surface area contributed by atoms with E-state index in [1.165, 1.54) is 0 Å². The van der Waals surface area contributed by atoms with Crippen LogP contribution in [-0.4, -0.2) is 27.0 Å². The summed E-state index contributed by atoms with van der Waals surface area (Å²) in [5.41, 5.74) is -1.34. The first kappa shape index (κ1) is 18.2. The normalized spacial score (nSPS) is 54.9. The van der Waals surface area contributed by atoms with Gasteiger partial charge in [-0.25, -0.2) is 0 Å². The Bertz CT molecular complexity index is 716. The van der Waals surface area contributed by atoms with E-state index in [4.69, 9.17) is 4.42 Å². The van der Waals surface area contributed by atoms with Gasteiger partial charge in [-0.2, -0.15) is 0 Å². The summed E-state index contributed by atoms with van der Waals surface area (Å²) in [7, 11) is 0. The van der Waals surface area contributed by atoms with E-state index < -0.39 is 16.6 Å². The number of fused-ring (bicyclic) bond motifs is 5. The molecule has 1 heterocycles. The Kier molecular flexibility index (Phi) is 3.78. The molecule has 0 aromatic carbocycles. The maximum absolute atomic E-state index is 12.1. The number of furan rings is 1. The van der Waals surface area contributed by atoms with Gasteiger partial charge in [0.2, 0.25) is 0 Å². The van der Waals surface area contributed by atoms with E-state index in [9.17, 15) is 15.3 Å². The first-order chi connectivity index (χ1) is 12.7. The average Bonchev–Trinajstić information content (AvgIpc) is 3.24. The maximum Gasteiger partial charge on any atom is 0.101 e. The van der Waals surface area contributed by atoms with Crippen LogP contribution in [0.5, 0.6) is 0 Å². The molecule has 8 atom stereocenters. The van der Waals surface area contributed by atoms with Crippen molar-refractivity contribution in [2.45, 2.75) is 88.9 Å². The van der Waals surface area contributed by atoms with Gasteiger partial charge < -0.3 is 19.7 Å². The highest BCUT2D eigenvalue weighted by atomic mass is 16.3. The molecule has 1 aromatic rings. The molecule has 3 N–H and O–H groups in total. The summed E-state index contributed by atoms with van der Waals surface area (Å²) >= 11 is 0. The molecule has 4 aliphatic carbocycles. The van der Waals surface area contributed by atoms with Crippen molar-refractivity contribution in [3.8, 4) is 0 Å². The Morgan fingerprint density at radius 3 is 2.52 bits per heavy atom. The van der Waals surface area contributed by atoms with Crippen molar-refractivity contribution in [2.24, 2.45) is 28.6 Å². The predicted octanol–water partition coefficient (Wildman–Crippen LogP) is 3.99. The fourth-order valence-corrected chi connectivity index (χ4v) is 8.18. The number of aliphatic hydroxyl groups excluding tert-OH is 1. The minimum atomic E-state index is -1.01. The summed E-state index contributed by atoms with van der Waals surface area (Å²) in [5.74, 6) is 1.31. The van der Waals surface area contributed by atoms with Crippen molar-refractivity contribution >= 4 is 0 Å². The van der Waals surface area contributed by atoms with E-state index in [-0.39, 0.29) is 17.4 Å². The number of rotatable bonds is 1. The molecule has 0 spiro atoms. The highest BCUT2D eigenvalue weighted by Gasteiger charge is 2.72. The SMILES string of the molecule is C[C@]12CC[C@H](O)C[C@@H]1CC[C@H]1[C@H]2CC[C@@]2(C)[C@@](O)(c3ccoc3)CC[C@]12O. The van der Waals surface area contributed by atoms with Crippen molar-refractivity contribution in [3.63, 3.8) is 0 Å². The fraction of sp³-hybridized carbons (Fsp3) is 0.826. The van der Waals surface area contributed by atoms with Crippen molar-refractivity contribution < 1.29 is 19.7 Å². The molecule has 4 heteroatoms. The zero-order valence-corrected chi connectivity index (χ0v) is 16.7. The average molecular weight is 375 g/mol. The van der Waals surface area contributed by atoms with Gasteiger partial charge >= 0.3 is 0 Å². The molecule has 0 amide bonds. The molecule has 4 fully saturated rings. The Morgan fingerprint density at radius 2 is 1.78 bits per heavy atom. The molecule has 0 radical (unpaired) electrons. The van der Waals surface area contributed by atoms with Crippen molar-refractivity contribution in [1.29, 1.82) is 0 Å². The number of hydrogen-bond donors (Lipinski definition) is 3. The van der Waals surface area contributed by atoms with Crippen LogP contribution in [-0.2, 0) is 5.60 Å². The summed E-state index contributed by atoms with van der Waals surface area (Å²) in [6, 6.07) is 1.86. The Balaban J connectivity index is 1.52. The Hall–Kier alpha value is -0.840. The Morgan fingerprint density at radius 1 is 0.963 bits per heavy atom. The second kappa shape index (κ2) is 5.61. The minimum absolute atomic E-state index is 0.144. The van der Waals surface area contributed by atoms with Crippen LogP contribution in [0.25, 0.3) is 0 Å². The van der Waals surface area contributed by atoms with Gasteiger partial charge in [0.05, 0.1) is 24.2 Å². The highest BCUT2D eigenvalue weighted by Crippen LogP contribution is 2.71. The van der Waals surface area contributed by atoms with Crippen molar-refractivity contribution in [3.05, 3.63) is 24.2 Å². The lowest BCUT2D eigenvalue weighted by Gasteiger charge is -2.64. The minimum Gasteiger partial charge on any atom is -0.472 e. The second-order valence-corrected chi connectivity index (χ2v) is 10.6. The zero-order valence-electron chi connectivity index (χ0n) is 16.7. The number of aliphatic hydroxyl groups is 3. The van der Waals surface area contributed by atoms with Gasteiger partial charge in [0.15, 0.2) is 0 Å². The van der Waals surface area contributed by atoms with E-state index in [1.807, 2.05) is 6.07 Å². The molecule has 0 saturated heterocycles. The molecule has 0 bridgehead atoms. The monoisotopic (exact) mass is 374 g/mol. The second-order valence-electron chi connectivity index (χ2n) is 10.6. The largest absolute Gasteiger partial charge is 0.472 e. The van der Waals surface area contributed by atoms with E-state index >= 15 is 0 Å². The molecule has 4 saturated carbocycles. The Labute approximate surface area is 162 Å². The number of hydrogen-bond acceptors (Lipinski definition) is 4. The third-order valence-electron chi connectivity index (χ3n) is 9.97. The molecule has 0 aliphatic heterocycles. The first-order valence-electron chi connectivity index (χ1n) is 10.9. The topological polar surface area (TPSA) is 73.8 Å². The van der Waals surface area contributed by atoms with Crippen LogP contribution in [0.2, 0.25) is 0 Å². The molecule has 4 nitrogen and oxygen atoms in total. The fourth-order valence-electron chi connectivity index (χ4n) is 8.18. The van der Waals surface area contributed by atoms with Gasteiger partial charge in [0.25, 0.3) is 0 Å². The standard InChI is InChI=1S/C23H34O4/c1-20-8-5-17(24)13-15(20)3-4-19-18(20)6-9-21(2)22(25,10-11-23(19,21)26)16-7-12-27-14-16/h7,12,14-15,17-19,24-26H,3-6,8-11,13H2,1-2H3/t15-,17-,18+,19-,20-,21-,22-,23-/m0/s1. The van der Waals surface area contributed by atoms with Crippen LogP contribution < -0.4 is 0 Å². The molecular formula is C23H34O4. The van der Waals surface area contributed by atoms with E-state index in [0.29, 0.717) is 24.7 Å². The van der Waals surface area contributed by atoms with Crippen LogP contribution in [0.1, 0.15) is 77.2 Å². The maximum atomic E-state index is 12.1. The van der Waals surface area contributed by atoms with Crippen LogP contribution in [0.3, 0.4) is 0 Å². The van der Waals surface area contributed by atoms with Gasteiger partial charge in [-0.15, -0.1) is 0 Å². The van der Waals surface area contributed by atoms with Crippen molar-refractivity contribution in [1.82, 2.24) is 0 Å². The van der Waals surface area contributed by atoms with Crippen LogP contribution in [0.4, 0.5) is 0 Å². The molecule has 0 unspecified atom stereocenters. The van der Waals surface area contributed by atoms with E-state index in [1.54, 1.807) is 12.5 Å². The molecular weight excluding hydrogens is 340 g/mol. The van der Waals surface area contributed by atoms with Crippen molar-refractivity contribution in [2.75, 3.05) is 0 Å². The predicted molar refractivity (Wildman–Crippen MR) is 102 cm³/mol. The van der Waals surface area contributed by atoms with E-state index in [0.717, 1.165) is 50.5 Å². The molecule has 1 aromatic heterocycles. The van der Waals surface area contributed by atoms with Gasteiger partial charge in [0.1, 0.15) is 5.60 Å². The van der Waals surface area contributed by atoms with Gasteiger partial charge in [0, 0.05) is 11.0 Å². The lowest BCUT2D eigenvalue weighted by molar-refractivity contribution is -0.238. The molecule has 4 aliphatic rings. The van der Waals surface area contributed by atoms with Gasteiger partial charge in [-0.3, -0.25) is 0 Å². The highest BCUT2D eigenvalue weighted by molar-refractivity contribution is 5.30. The summed E-state index contributed by atoms with van der Waals surface area (Å²) in [6.45, 7) is 4.53. The first-order valence-corrected chi connectivity index (χ1v) is 10.9. The van der Waals surface area contributed by atoms with E-state index in [2.05, 4.69) is 13.8 Å². The summed E-state index contributed by atoms with van der Waals surface area (Å²) < 4.78 is 5.29. The van der Waals surface area contributed by atoms with Crippen LogP contribution in [0.15, 0.2) is 23.0 Å².